The highest BCUT2D eigenvalue weighted by Gasteiger charge is 2.03. The van der Waals surface area contributed by atoms with Gasteiger partial charge in [0.15, 0.2) is 0 Å². The minimum atomic E-state index is -4.67. The zero-order chi connectivity index (χ0) is 9.19. The number of benzene rings is 1. The Bertz CT molecular complexity index is 309. The molecule has 1 unspecified atom stereocenters. The molecule has 5 nitrogen and oxygen atoms in total. The van der Waals surface area contributed by atoms with Gasteiger partial charge >= 0.3 is 7.82 Å². The smallest absolute Gasteiger partial charge is 0.317 e. The first-order chi connectivity index (χ1) is 5.47. The van der Waals surface area contributed by atoms with Crippen LogP contribution in [0.2, 0.25) is 0 Å². The lowest BCUT2D eigenvalue weighted by Gasteiger charge is -2.15. The summed E-state index contributed by atoms with van der Waals surface area (Å²) in [7, 11) is -4.67. The average Bonchev–Trinajstić information content (AvgIpc) is 1.91. The second-order valence-electron chi connectivity index (χ2n) is 2.20. The van der Waals surface area contributed by atoms with Gasteiger partial charge in [-0.25, -0.2) is 0 Å². The summed E-state index contributed by atoms with van der Waals surface area (Å²) in [4.78, 5) is 18.5. The average molecular weight is 316 g/mol. The van der Waals surface area contributed by atoms with Crippen molar-refractivity contribution in [2.24, 2.45) is 0 Å². The van der Waals surface area contributed by atoms with Crippen molar-refractivity contribution in [1.29, 1.82) is 0 Å². The van der Waals surface area contributed by atoms with Gasteiger partial charge in [-0.2, -0.15) is 0 Å². The van der Waals surface area contributed by atoms with E-state index in [1.165, 1.54) is 12.1 Å². The van der Waals surface area contributed by atoms with E-state index in [4.69, 9.17) is 4.89 Å². The van der Waals surface area contributed by atoms with Crippen LogP contribution in [0.3, 0.4) is 0 Å². The molecular formula is C6H8INO4P-. The van der Waals surface area contributed by atoms with E-state index in [2.05, 4.69) is 10.3 Å². The molecule has 1 rings (SSSR count). The highest BCUT2D eigenvalue weighted by Crippen LogP contribution is 2.32. The zero-order valence-electron chi connectivity index (χ0n) is 6.51. The standard InChI is InChI=1S/C6H8NO4P.HI/c7-5-1-3-6(4-2-5)11-12(8,9)10;/h1-4H,7H2,(H2,8,9,10);1H/p-1. The van der Waals surface area contributed by atoms with Gasteiger partial charge in [-0.15, -0.1) is 0 Å². The van der Waals surface area contributed by atoms with E-state index in [1.54, 1.807) is 12.1 Å². The molecule has 0 fully saturated rings. The second kappa shape index (κ2) is 4.92. The quantitative estimate of drug-likeness (QED) is 0.435. The minimum absolute atomic E-state index is 0. The molecule has 1 aromatic carbocycles. The van der Waals surface area contributed by atoms with Crippen LogP contribution in [-0.2, 0) is 4.57 Å². The molecule has 4 N–H and O–H groups in total. The van der Waals surface area contributed by atoms with Gasteiger partial charge in [0.1, 0.15) is 11.4 Å². The largest absolute Gasteiger partial charge is 1.00 e. The number of hydrogen-bond acceptors (Lipinski definition) is 3. The maximum atomic E-state index is 10.2. The maximum absolute atomic E-state index is 10.2. The fourth-order valence-electron chi connectivity index (χ4n) is 0.684. The summed E-state index contributed by atoms with van der Waals surface area (Å²) in [6.07, 6.45) is 0. The number of hydrogen-bond donors (Lipinski definition) is 2. The van der Waals surface area contributed by atoms with Crippen LogP contribution in [0.1, 0.15) is 0 Å². The number of phosphoric acid groups is 1. The lowest BCUT2D eigenvalue weighted by atomic mass is 10.3. The van der Waals surface area contributed by atoms with Crippen LogP contribution >= 0.6 is 7.82 Å². The highest BCUT2D eigenvalue weighted by atomic mass is 127. The van der Waals surface area contributed by atoms with E-state index in [0.717, 1.165) is 5.69 Å². The van der Waals surface area contributed by atoms with E-state index >= 15 is 0 Å². The molecule has 0 aliphatic carbocycles. The Morgan fingerprint density at radius 2 is 1.85 bits per heavy atom. The zero-order valence-corrected chi connectivity index (χ0v) is 9.57. The van der Waals surface area contributed by atoms with Crippen LogP contribution in [0.25, 0.3) is 0 Å². The van der Waals surface area contributed by atoms with Gasteiger partial charge in [0, 0.05) is 12.1 Å². The van der Waals surface area contributed by atoms with Crippen molar-refractivity contribution in [3.63, 3.8) is 0 Å². The molecule has 1 atom stereocenters. The van der Waals surface area contributed by atoms with Crippen LogP contribution < -0.4 is 39.1 Å². The monoisotopic (exact) mass is 316 g/mol. The molecule has 0 amide bonds. The SMILES string of the molecule is [I-].[NH3+]c1ccc(OP(=O)([O-])O)cc1. The summed E-state index contributed by atoms with van der Waals surface area (Å²) in [6.45, 7) is 0. The Morgan fingerprint density at radius 1 is 1.38 bits per heavy atom. The number of phosphoric ester groups is 1. The Labute approximate surface area is 92.2 Å². The fraction of sp³-hybridized carbons (Fsp3) is 0. The van der Waals surface area contributed by atoms with Crippen molar-refractivity contribution in [2.75, 3.05) is 0 Å². The van der Waals surface area contributed by atoms with Crippen LogP contribution in [0.15, 0.2) is 24.3 Å². The van der Waals surface area contributed by atoms with E-state index in [-0.39, 0.29) is 29.7 Å². The van der Waals surface area contributed by atoms with Crippen LogP contribution in [0, 0.1) is 0 Å². The Morgan fingerprint density at radius 3 is 2.23 bits per heavy atom. The lowest BCUT2D eigenvalue weighted by Crippen LogP contribution is -3.00. The Kier molecular flexibility index (Phi) is 4.87. The van der Waals surface area contributed by atoms with Crippen LogP contribution in [0.4, 0.5) is 5.69 Å². The normalized spacial score (nSPS) is 14.1. The fourth-order valence-corrected chi connectivity index (χ4v) is 1.07. The first-order valence-corrected chi connectivity index (χ1v) is 4.62. The van der Waals surface area contributed by atoms with Crippen molar-refractivity contribution < 1.29 is 48.6 Å². The summed E-state index contributed by atoms with van der Waals surface area (Å²) < 4.78 is 14.4. The van der Waals surface area contributed by atoms with Crippen molar-refractivity contribution in [3.8, 4) is 5.75 Å². The third kappa shape index (κ3) is 5.22. The predicted molar refractivity (Wildman–Crippen MR) is 39.4 cm³/mol. The number of rotatable bonds is 2. The number of quaternary nitrogens is 1. The molecule has 0 spiro atoms. The topological polar surface area (TPSA) is 97.2 Å². The first-order valence-electron chi connectivity index (χ1n) is 3.13. The molecule has 0 saturated carbocycles. The van der Waals surface area contributed by atoms with Crippen LogP contribution in [-0.4, -0.2) is 4.89 Å². The van der Waals surface area contributed by atoms with Gasteiger partial charge in [-0.3, -0.25) is 4.57 Å². The molecule has 0 aromatic heterocycles. The summed E-state index contributed by atoms with van der Waals surface area (Å²) in [6, 6.07) is 5.96. The predicted octanol–water partition coefficient (Wildman–Crippen LogP) is -3.60. The van der Waals surface area contributed by atoms with Crippen LogP contribution in [0.5, 0.6) is 5.75 Å². The minimum Gasteiger partial charge on any atom is -1.00 e. The third-order valence-electron chi connectivity index (χ3n) is 1.14. The molecule has 74 valence electrons. The molecule has 0 aliphatic heterocycles. The van der Waals surface area contributed by atoms with Gasteiger partial charge in [-0.05, 0) is 12.1 Å². The van der Waals surface area contributed by atoms with Gasteiger partial charge in [-0.1, -0.05) is 0 Å². The molecular weight excluding hydrogens is 308 g/mol. The Balaban J connectivity index is 0.00000144. The van der Waals surface area contributed by atoms with Crippen molar-refractivity contribution in [2.45, 2.75) is 0 Å². The summed E-state index contributed by atoms with van der Waals surface area (Å²) in [5, 5.41) is 0. The van der Waals surface area contributed by atoms with Gasteiger partial charge in [0.2, 0.25) is 0 Å². The molecule has 13 heavy (non-hydrogen) atoms. The second-order valence-corrected chi connectivity index (χ2v) is 3.32. The molecule has 0 radical (unpaired) electrons. The first kappa shape index (κ1) is 12.9. The summed E-state index contributed by atoms with van der Waals surface area (Å²) in [5.74, 6) is 0.0724. The third-order valence-corrected chi connectivity index (χ3v) is 1.59. The molecule has 0 aliphatic rings. The Hall–Kier alpha value is -0.140. The van der Waals surface area contributed by atoms with Crippen molar-refractivity contribution in [3.05, 3.63) is 24.3 Å². The van der Waals surface area contributed by atoms with Gasteiger partial charge in [0.25, 0.3) is 0 Å². The van der Waals surface area contributed by atoms with E-state index in [9.17, 15) is 9.46 Å². The summed E-state index contributed by atoms with van der Waals surface area (Å²) in [5.41, 5.74) is 4.33. The van der Waals surface area contributed by atoms with Gasteiger partial charge in [0.05, 0.1) is 0 Å². The molecule has 0 saturated heterocycles. The summed E-state index contributed by atoms with van der Waals surface area (Å²) >= 11 is 0. The molecule has 0 bridgehead atoms. The molecule has 0 heterocycles. The molecule has 1 aromatic rings. The van der Waals surface area contributed by atoms with E-state index in [0.29, 0.717) is 0 Å². The molecule has 7 heteroatoms. The van der Waals surface area contributed by atoms with Crippen molar-refractivity contribution >= 4 is 13.5 Å². The highest BCUT2D eigenvalue weighted by molar-refractivity contribution is 7.45. The maximum Gasteiger partial charge on any atom is 0.317 e. The lowest BCUT2D eigenvalue weighted by molar-refractivity contribution is -0.254. The van der Waals surface area contributed by atoms with Crippen molar-refractivity contribution in [1.82, 2.24) is 0 Å². The van der Waals surface area contributed by atoms with E-state index < -0.39 is 7.82 Å². The van der Waals surface area contributed by atoms with E-state index in [1.807, 2.05) is 0 Å². The number of halogens is 1. The van der Waals surface area contributed by atoms with Gasteiger partial charge < -0.3 is 44.0 Å².